The Hall–Kier alpha value is -3.16. The normalized spacial score (nSPS) is 33.2. The quantitative estimate of drug-likeness (QED) is 0.392. The van der Waals surface area contributed by atoms with E-state index in [0.29, 0.717) is 24.3 Å². The number of carbonyl (C=O) groups is 3. The van der Waals surface area contributed by atoms with Crippen molar-refractivity contribution in [1.82, 2.24) is 10.2 Å². The maximum absolute atomic E-state index is 14.1. The molecule has 0 aromatic heterocycles. The van der Waals surface area contributed by atoms with Crippen molar-refractivity contribution in [2.24, 2.45) is 5.92 Å². The second-order valence-corrected chi connectivity index (χ2v) is 15.5. The smallest absolute Gasteiger partial charge is 0.409 e. The lowest BCUT2D eigenvalue weighted by molar-refractivity contribution is -0.271. The summed E-state index contributed by atoms with van der Waals surface area (Å²) in [6.07, 6.45) is 2.32. The third kappa shape index (κ3) is 8.48. The number of benzene rings is 1. The molecule has 2 N–H and O–H groups in total. The van der Waals surface area contributed by atoms with E-state index in [4.69, 9.17) is 35.3 Å². The summed E-state index contributed by atoms with van der Waals surface area (Å²) < 4.78 is 29.5. The molecule has 8 atom stereocenters. The molecular weight excluding hydrogens is 666 g/mol. The van der Waals surface area contributed by atoms with Crippen LogP contribution >= 0.6 is 11.6 Å². The molecule has 4 aliphatic rings. The molecule has 2 unspecified atom stereocenters. The van der Waals surface area contributed by atoms with E-state index in [-0.39, 0.29) is 35.2 Å². The minimum atomic E-state index is -1.75. The summed E-state index contributed by atoms with van der Waals surface area (Å²) in [5, 5.41) is 14.5. The standard InChI is InChI=1S/C37H54ClN3O9/c1-21-13-12-14-29(47-11)37(45)20-27(48-34(44)39-37)22(2)28-19-36(7,50-28)30(49-33(43)23(3)41(9)35(4,5)6)18-31(42)40(8)25-16-24(15-21)17-26(46-10)32(25)38/h12-14,16-17,22-23,27-30,45H,15,18-20H2,1-11H3,(H,39,44)/b14-12+,21-13+/t22-,23+,27+,28?,29-,30+,36-,37?/m1/s1. The number of carbonyl (C=O) groups excluding carboxylic acids is 3. The molecular formula is C37H54ClN3O9. The molecule has 2 saturated heterocycles. The molecule has 1 aromatic rings. The van der Waals surface area contributed by atoms with Crippen LogP contribution < -0.4 is 15.0 Å². The highest BCUT2D eigenvalue weighted by Gasteiger charge is 2.55. The number of aliphatic hydroxyl groups is 1. The number of likely N-dealkylation sites (N-methyl/N-ethyl adjacent to an activating group) is 1. The number of alkyl carbamates (subject to hydrolysis) is 1. The summed E-state index contributed by atoms with van der Waals surface area (Å²) in [5.41, 5.74) is -0.867. The molecule has 0 aliphatic carbocycles. The van der Waals surface area contributed by atoms with Crippen LogP contribution in [-0.4, -0.2) is 104 Å². The Bertz CT molecular complexity index is 1500. The van der Waals surface area contributed by atoms with Crippen LogP contribution in [0.4, 0.5) is 10.5 Å². The summed E-state index contributed by atoms with van der Waals surface area (Å²) in [6, 6.07) is 3.04. The van der Waals surface area contributed by atoms with Crippen LogP contribution in [0.1, 0.15) is 73.3 Å². The number of rotatable bonds is 5. The third-order valence-corrected chi connectivity index (χ3v) is 10.9. The van der Waals surface area contributed by atoms with Gasteiger partial charge in [0.05, 0.1) is 25.3 Å². The van der Waals surface area contributed by atoms with Gasteiger partial charge in [-0.15, -0.1) is 0 Å². The van der Waals surface area contributed by atoms with Gasteiger partial charge in [0.25, 0.3) is 0 Å². The summed E-state index contributed by atoms with van der Waals surface area (Å²) >= 11 is 6.77. The maximum Gasteiger partial charge on any atom is 0.409 e. The molecule has 4 heterocycles. The van der Waals surface area contributed by atoms with Gasteiger partial charge in [0, 0.05) is 38.5 Å². The van der Waals surface area contributed by atoms with Crippen molar-refractivity contribution >= 4 is 35.3 Å². The highest BCUT2D eigenvalue weighted by molar-refractivity contribution is 6.35. The van der Waals surface area contributed by atoms with E-state index in [1.807, 2.05) is 71.7 Å². The summed E-state index contributed by atoms with van der Waals surface area (Å²) in [7, 11) is 6.45. The molecule has 278 valence electrons. The van der Waals surface area contributed by atoms with E-state index in [9.17, 15) is 19.5 Å². The number of nitrogens with one attached hydrogen (secondary N) is 1. The summed E-state index contributed by atoms with van der Waals surface area (Å²) in [5.74, 6) is -0.776. The Labute approximate surface area is 301 Å². The van der Waals surface area contributed by atoms with Crippen molar-refractivity contribution in [3.05, 3.63) is 46.5 Å². The fourth-order valence-electron chi connectivity index (χ4n) is 6.76. The highest BCUT2D eigenvalue weighted by Crippen LogP contribution is 2.45. The van der Waals surface area contributed by atoms with Crippen LogP contribution in [0.15, 0.2) is 35.9 Å². The number of nitrogens with zero attached hydrogens (tertiary/aromatic N) is 2. The molecule has 12 nitrogen and oxygen atoms in total. The Morgan fingerprint density at radius 1 is 1.20 bits per heavy atom. The number of methoxy groups -OCH3 is 2. The number of hydrogen-bond acceptors (Lipinski definition) is 10. The molecule has 2 fully saturated rings. The second kappa shape index (κ2) is 15.2. The topological polar surface area (TPSA) is 136 Å². The van der Waals surface area contributed by atoms with Gasteiger partial charge in [-0.05, 0) is 72.7 Å². The van der Waals surface area contributed by atoms with Crippen LogP contribution in [0.25, 0.3) is 0 Å². The number of allylic oxidation sites excluding steroid dienone is 3. The number of ether oxygens (including phenoxy) is 5. The van der Waals surface area contributed by atoms with Gasteiger partial charge in [0.1, 0.15) is 40.7 Å². The zero-order valence-electron chi connectivity index (χ0n) is 31.2. The van der Waals surface area contributed by atoms with E-state index in [1.54, 1.807) is 26.1 Å². The molecule has 0 saturated carbocycles. The molecule has 4 aliphatic heterocycles. The fraction of sp³-hybridized carbons (Fsp3) is 0.649. The van der Waals surface area contributed by atoms with Gasteiger partial charge >= 0.3 is 12.1 Å². The SMILES string of the molecule is COc1cc2cc(c1Cl)N(C)C(=O)C[C@H](OC(=O)[C@H](C)N(C)C(C)(C)C)[C@@]1(C)CC(O1)[C@H](C)[C@@H]1CC(O)(NC(=O)O1)[C@H](OC)/C=C/C=C(\C)C2. The molecule has 50 heavy (non-hydrogen) atoms. The number of halogens is 1. The van der Waals surface area contributed by atoms with E-state index in [1.165, 1.54) is 19.1 Å². The molecule has 5 rings (SSSR count). The molecule has 0 spiro atoms. The van der Waals surface area contributed by atoms with Crippen LogP contribution in [0.2, 0.25) is 5.02 Å². The zero-order valence-corrected chi connectivity index (χ0v) is 31.9. The van der Waals surface area contributed by atoms with Gasteiger partial charge in [0.2, 0.25) is 5.91 Å². The average molecular weight is 720 g/mol. The van der Waals surface area contributed by atoms with Crippen LogP contribution in [0.3, 0.4) is 0 Å². The van der Waals surface area contributed by atoms with Crippen LogP contribution in [0.5, 0.6) is 5.75 Å². The minimum Gasteiger partial charge on any atom is -0.495 e. The third-order valence-electron chi connectivity index (χ3n) is 10.5. The number of fused-ring (bicyclic) bond motifs is 6. The Kier molecular flexibility index (Phi) is 12.1. The van der Waals surface area contributed by atoms with Crippen molar-refractivity contribution in [2.75, 3.05) is 33.2 Å². The molecule has 13 heteroatoms. The van der Waals surface area contributed by atoms with Crippen molar-refractivity contribution in [3.8, 4) is 5.75 Å². The maximum atomic E-state index is 14.1. The van der Waals surface area contributed by atoms with E-state index < -0.39 is 53.8 Å². The Morgan fingerprint density at radius 3 is 2.46 bits per heavy atom. The van der Waals surface area contributed by atoms with Gasteiger partial charge in [-0.1, -0.05) is 42.3 Å². The summed E-state index contributed by atoms with van der Waals surface area (Å²) in [4.78, 5) is 43.8. The lowest BCUT2D eigenvalue weighted by Gasteiger charge is -2.53. The van der Waals surface area contributed by atoms with Gasteiger partial charge in [-0.3, -0.25) is 19.8 Å². The van der Waals surface area contributed by atoms with Crippen molar-refractivity contribution in [3.63, 3.8) is 0 Å². The lowest BCUT2D eigenvalue weighted by Crippen LogP contribution is -2.66. The van der Waals surface area contributed by atoms with Crippen LogP contribution in [0, 0.1) is 5.92 Å². The minimum absolute atomic E-state index is 0.0354. The van der Waals surface area contributed by atoms with Crippen LogP contribution in [-0.2, 0) is 35.0 Å². The molecule has 1 aromatic carbocycles. The molecule has 0 radical (unpaired) electrons. The van der Waals surface area contributed by atoms with E-state index in [0.717, 1.165) is 11.1 Å². The van der Waals surface area contributed by atoms with E-state index in [2.05, 4.69) is 5.32 Å². The van der Waals surface area contributed by atoms with Gasteiger partial charge < -0.3 is 33.7 Å². The Morgan fingerprint density at radius 2 is 1.86 bits per heavy atom. The Balaban J connectivity index is 1.76. The predicted molar refractivity (Wildman–Crippen MR) is 190 cm³/mol. The fourth-order valence-corrected chi connectivity index (χ4v) is 7.07. The first kappa shape index (κ1) is 39.6. The van der Waals surface area contributed by atoms with Crippen molar-refractivity contribution in [1.29, 1.82) is 0 Å². The number of hydrogen-bond donors (Lipinski definition) is 2. The lowest BCUT2D eigenvalue weighted by atomic mass is 9.76. The monoisotopic (exact) mass is 719 g/mol. The number of anilines is 1. The van der Waals surface area contributed by atoms with Crippen molar-refractivity contribution < 1.29 is 43.2 Å². The predicted octanol–water partition coefficient (Wildman–Crippen LogP) is 5.18. The number of esters is 1. The molecule has 6 bridgehead atoms. The first-order valence-electron chi connectivity index (χ1n) is 17.0. The second-order valence-electron chi connectivity index (χ2n) is 15.1. The molecule has 2 amide bonds. The zero-order chi connectivity index (χ0) is 37.3. The largest absolute Gasteiger partial charge is 0.495 e. The van der Waals surface area contributed by atoms with E-state index >= 15 is 0 Å². The van der Waals surface area contributed by atoms with Gasteiger partial charge in [-0.2, -0.15) is 0 Å². The van der Waals surface area contributed by atoms with Crippen molar-refractivity contribution in [2.45, 2.75) is 121 Å². The van der Waals surface area contributed by atoms with Gasteiger partial charge in [-0.25, -0.2) is 4.79 Å². The highest BCUT2D eigenvalue weighted by atomic mass is 35.5. The number of amides is 2. The first-order chi connectivity index (χ1) is 23.2. The summed E-state index contributed by atoms with van der Waals surface area (Å²) in [6.45, 7) is 13.4. The average Bonchev–Trinajstić information content (AvgIpc) is 3.02. The van der Waals surface area contributed by atoms with Gasteiger partial charge in [0.15, 0.2) is 5.72 Å². The first-order valence-corrected chi connectivity index (χ1v) is 17.4.